The van der Waals surface area contributed by atoms with E-state index < -0.39 is 0 Å². The fourth-order valence-electron chi connectivity index (χ4n) is 8.57. The third-order valence-electron chi connectivity index (χ3n) is 10.7. The van der Waals surface area contributed by atoms with Gasteiger partial charge in [-0.2, -0.15) is 0 Å². The molecule has 0 saturated carbocycles. The van der Waals surface area contributed by atoms with Crippen LogP contribution in [0.3, 0.4) is 0 Å². The van der Waals surface area contributed by atoms with Crippen molar-refractivity contribution in [1.82, 2.24) is 32.5 Å². The maximum absolute atomic E-state index is 6.61. The van der Waals surface area contributed by atoms with Gasteiger partial charge in [-0.05, 0) is 72.3 Å². The average Bonchev–Trinajstić information content (AvgIpc) is 3.96. The van der Waals surface area contributed by atoms with Gasteiger partial charge in [0.05, 0.1) is 50.7 Å². The first-order valence-electron chi connectivity index (χ1n) is 16.6. The van der Waals surface area contributed by atoms with E-state index in [0.717, 1.165) is 72.1 Å². The lowest BCUT2D eigenvalue weighted by atomic mass is 10.1. The molecule has 12 aromatic rings. The number of benzene rings is 6. The average molecular weight is 634 g/mol. The first kappa shape index (κ1) is 25.5. The topological polar surface area (TPSA) is 62.5 Å². The molecule has 8 heteroatoms. The molecule has 6 heterocycles. The van der Waals surface area contributed by atoms with E-state index in [0.29, 0.717) is 6.54 Å². The second-order valence-corrected chi connectivity index (χ2v) is 13.3. The van der Waals surface area contributed by atoms with Crippen molar-refractivity contribution in [3.05, 3.63) is 121 Å². The number of furan rings is 1. The number of nitrogens with zero attached hydrogens (tertiary/aromatic N) is 7. The van der Waals surface area contributed by atoms with E-state index in [1.165, 1.54) is 32.9 Å². The standard InChI is InChI=1S/C41H27N7O/c1-44-30-19-15-23(21-27(30)25-16-18-29-37(36(25)44)48-33-13-7-6-12-32(33)45(2)40(48)43-29)22-46-38-34(47-31-11-5-4-10-28(31)42-41(46)47)20-17-26-24-9-3-8-14-35(24)49-39(26)38/h3-21H,22H2,1-2H3. The van der Waals surface area contributed by atoms with E-state index in [4.69, 9.17) is 14.4 Å². The van der Waals surface area contributed by atoms with Crippen molar-refractivity contribution < 1.29 is 4.42 Å². The highest BCUT2D eigenvalue weighted by Gasteiger charge is 2.23. The van der Waals surface area contributed by atoms with Crippen molar-refractivity contribution in [3.63, 3.8) is 0 Å². The number of fused-ring (bicyclic) bond motifs is 18. The Balaban J connectivity index is 1.14. The number of hydrogen-bond acceptors (Lipinski definition) is 3. The Labute approximate surface area is 277 Å². The van der Waals surface area contributed by atoms with E-state index in [1.807, 2.05) is 12.1 Å². The van der Waals surface area contributed by atoms with Gasteiger partial charge in [-0.1, -0.05) is 48.5 Å². The summed E-state index contributed by atoms with van der Waals surface area (Å²) >= 11 is 0. The van der Waals surface area contributed by atoms with Crippen molar-refractivity contribution in [2.45, 2.75) is 6.54 Å². The molecule has 0 aliphatic rings. The van der Waals surface area contributed by atoms with Gasteiger partial charge in [-0.15, -0.1) is 0 Å². The predicted octanol–water partition coefficient (Wildman–Crippen LogP) is 9.33. The maximum Gasteiger partial charge on any atom is 0.216 e. The zero-order valence-electron chi connectivity index (χ0n) is 26.7. The van der Waals surface area contributed by atoms with Crippen LogP contribution >= 0.6 is 0 Å². The van der Waals surface area contributed by atoms with E-state index >= 15 is 0 Å². The van der Waals surface area contributed by atoms with Crippen LogP contribution in [0, 0.1) is 0 Å². The normalized spacial score (nSPS) is 12.8. The molecule has 6 aromatic carbocycles. The van der Waals surface area contributed by atoms with Gasteiger partial charge in [0.2, 0.25) is 11.6 Å². The fraction of sp³-hybridized carbons (Fsp3) is 0.0732. The fourth-order valence-corrected chi connectivity index (χ4v) is 8.57. The number of aromatic nitrogens is 7. The number of rotatable bonds is 2. The summed E-state index contributed by atoms with van der Waals surface area (Å²) < 4.78 is 18.1. The van der Waals surface area contributed by atoms with Crippen molar-refractivity contribution in [2.75, 3.05) is 0 Å². The highest BCUT2D eigenvalue weighted by molar-refractivity contribution is 6.18. The summed E-state index contributed by atoms with van der Waals surface area (Å²) in [5.74, 6) is 1.85. The zero-order chi connectivity index (χ0) is 32.1. The molecule has 0 unspecified atom stereocenters. The van der Waals surface area contributed by atoms with E-state index in [-0.39, 0.29) is 0 Å². The molecule has 0 N–H and O–H groups in total. The van der Waals surface area contributed by atoms with Crippen LogP contribution in [-0.4, -0.2) is 32.5 Å². The van der Waals surface area contributed by atoms with Crippen LogP contribution in [0.5, 0.6) is 0 Å². The minimum absolute atomic E-state index is 0.640. The Hall–Kier alpha value is -6.54. The van der Waals surface area contributed by atoms with Crippen LogP contribution in [0.1, 0.15) is 5.56 Å². The number of para-hydroxylation sites is 5. The highest BCUT2D eigenvalue weighted by atomic mass is 16.3. The number of aryl methyl sites for hydroxylation is 2. The minimum atomic E-state index is 0.640. The minimum Gasteiger partial charge on any atom is -0.454 e. The summed E-state index contributed by atoms with van der Waals surface area (Å²) in [6.07, 6.45) is 0. The summed E-state index contributed by atoms with van der Waals surface area (Å²) in [6, 6.07) is 40.9. The largest absolute Gasteiger partial charge is 0.454 e. The molecular weight excluding hydrogens is 606 g/mol. The van der Waals surface area contributed by atoms with Gasteiger partial charge in [0.25, 0.3) is 0 Å². The number of hydrogen-bond donors (Lipinski definition) is 0. The quantitative estimate of drug-likeness (QED) is 0.191. The second kappa shape index (κ2) is 8.67. The molecule has 0 amide bonds. The van der Waals surface area contributed by atoms with E-state index in [9.17, 15) is 0 Å². The van der Waals surface area contributed by atoms with Crippen LogP contribution in [0.25, 0.3) is 99.4 Å². The Kier molecular flexibility index (Phi) is 4.52. The third-order valence-corrected chi connectivity index (χ3v) is 10.7. The van der Waals surface area contributed by atoms with Crippen molar-refractivity contribution in [2.24, 2.45) is 14.1 Å². The molecule has 0 fully saturated rings. The van der Waals surface area contributed by atoms with Gasteiger partial charge in [0, 0.05) is 41.2 Å². The molecule has 0 aliphatic heterocycles. The third kappa shape index (κ3) is 3.05. The molecule has 0 bridgehead atoms. The summed E-state index contributed by atoms with van der Waals surface area (Å²) in [7, 11) is 4.27. The molecule has 0 saturated heterocycles. The van der Waals surface area contributed by atoms with Gasteiger partial charge in [-0.25, -0.2) is 9.97 Å². The first-order valence-corrected chi connectivity index (χ1v) is 16.6. The first-order chi connectivity index (χ1) is 24.1. The van der Waals surface area contributed by atoms with Gasteiger partial charge >= 0.3 is 0 Å². The van der Waals surface area contributed by atoms with Crippen molar-refractivity contribution in [1.29, 1.82) is 0 Å². The van der Waals surface area contributed by atoms with Crippen molar-refractivity contribution in [3.8, 4) is 0 Å². The molecule has 0 radical (unpaired) electrons. The van der Waals surface area contributed by atoms with E-state index in [2.05, 4.69) is 140 Å². The lowest BCUT2D eigenvalue weighted by molar-refractivity contribution is 0.669. The van der Waals surface area contributed by atoms with Gasteiger partial charge in [-0.3, -0.25) is 8.80 Å². The predicted molar refractivity (Wildman–Crippen MR) is 198 cm³/mol. The van der Waals surface area contributed by atoms with E-state index in [1.54, 1.807) is 0 Å². The molecule has 8 nitrogen and oxygen atoms in total. The molecule has 0 spiro atoms. The van der Waals surface area contributed by atoms with Crippen molar-refractivity contribution >= 4 is 99.4 Å². The SMILES string of the molecule is Cn1c2ccc(Cn3c4c5oc6ccccc6c5ccc4n4c5ccccc5nc34)cc2c2ccc3nc4n(C)c5ccccc5n4c3c21. The summed E-state index contributed by atoms with van der Waals surface area (Å²) in [6.45, 7) is 0.640. The molecule has 6 aromatic heterocycles. The summed E-state index contributed by atoms with van der Waals surface area (Å²) in [4.78, 5) is 10.3. The lowest BCUT2D eigenvalue weighted by Gasteiger charge is -2.07. The van der Waals surface area contributed by atoms with Crippen LogP contribution < -0.4 is 0 Å². The molecule has 0 aliphatic carbocycles. The maximum atomic E-state index is 6.61. The molecule has 0 atom stereocenters. The lowest BCUT2D eigenvalue weighted by Crippen LogP contribution is -2.01. The second-order valence-electron chi connectivity index (χ2n) is 13.3. The Morgan fingerprint density at radius 1 is 0.510 bits per heavy atom. The summed E-state index contributed by atoms with van der Waals surface area (Å²) in [5.41, 5.74) is 14.0. The molecule has 232 valence electrons. The Morgan fingerprint density at radius 3 is 2.18 bits per heavy atom. The zero-order valence-corrected chi connectivity index (χ0v) is 26.7. The van der Waals surface area contributed by atoms with Crippen LogP contribution in [0.15, 0.2) is 120 Å². The van der Waals surface area contributed by atoms with Gasteiger partial charge in [0.15, 0.2) is 5.58 Å². The van der Waals surface area contributed by atoms with Gasteiger partial charge < -0.3 is 18.1 Å². The summed E-state index contributed by atoms with van der Waals surface area (Å²) in [5, 5.41) is 4.68. The Bertz CT molecular complexity index is 3390. The van der Waals surface area contributed by atoms with Gasteiger partial charge in [0.1, 0.15) is 11.1 Å². The van der Waals surface area contributed by atoms with Crippen LogP contribution in [0.4, 0.5) is 0 Å². The highest BCUT2D eigenvalue weighted by Crippen LogP contribution is 2.39. The molecule has 12 rings (SSSR count). The molecule has 49 heavy (non-hydrogen) atoms. The smallest absolute Gasteiger partial charge is 0.216 e. The molecular formula is C41H27N7O. The monoisotopic (exact) mass is 633 g/mol. The van der Waals surface area contributed by atoms with Crippen LogP contribution in [0.2, 0.25) is 0 Å². The Morgan fingerprint density at radius 2 is 1.27 bits per heavy atom. The van der Waals surface area contributed by atoms with Crippen LogP contribution in [-0.2, 0) is 20.6 Å². The number of imidazole rings is 4.